The molecule has 0 saturated heterocycles. The first kappa shape index (κ1) is 29.9. The third-order valence-corrected chi connectivity index (χ3v) is 5.63. The number of aromatic amines is 1. The van der Waals surface area contributed by atoms with E-state index in [4.69, 9.17) is 36.3 Å². The number of carbonyl (C=O) groups is 2. The van der Waals surface area contributed by atoms with E-state index in [1.54, 1.807) is 36.4 Å². The molecule has 4 aromatic rings. The highest BCUT2D eigenvalue weighted by atomic mass is 19.1. The number of nitrogen functional groups attached to an aromatic ring is 1. The summed E-state index contributed by atoms with van der Waals surface area (Å²) in [5.74, 6) is -1.83. The molecule has 0 aliphatic heterocycles. The van der Waals surface area contributed by atoms with Crippen LogP contribution in [0.15, 0.2) is 65.5 Å². The van der Waals surface area contributed by atoms with Gasteiger partial charge in [0.25, 0.3) is 11.9 Å². The van der Waals surface area contributed by atoms with Gasteiger partial charge in [0.05, 0.1) is 25.5 Å². The van der Waals surface area contributed by atoms with Gasteiger partial charge in [-0.1, -0.05) is 12.1 Å². The number of carbonyl (C=O) groups excluding carboxylic acids is 1. The summed E-state index contributed by atoms with van der Waals surface area (Å²) in [6, 6.07) is 14.4. The fraction of sp³-hybridized carbons (Fsp3) is 0.148. The molecule has 0 radical (unpaired) electrons. The van der Waals surface area contributed by atoms with Gasteiger partial charge in [0, 0.05) is 29.8 Å². The lowest BCUT2D eigenvalue weighted by Crippen LogP contribution is -2.21. The molecule has 1 aromatic heterocycles. The number of nitrogens with two attached hydrogens (primary N) is 2. The fourth-order valence-electron chi connectivity index (χ4n) is 3.80. The smallest absolute Gasteiger partial charge is 0.348 e. The van der Waals surface area contributed by atoms with Gasteiger partial charge in [-0.05, 0) is 42.5 Å². The monoisotopic (exact) mass is 565 g/mol. The summed E-state index contributed by atoms with van der Waals surface area (Å²) in [7, 11) is 2.80. The molecule has 0 saturated carbocycles. The average Bonchev–Trinajstić information content (AvgIpc) is 3.32. The van der Waals surface area contributed by atoms with Crippen LogP contribution in [-0.2, 0) is 4.79 Å². The highest BCUT2D eigenvalue weighted by Crippen LogP contribution is 2.35. The summed E-state index contributed by atoms with van der Waals surface area (Å²) < 4.78 is 26.9. The molecule has 3 aromatic carbocycles. The van der Waals surface area contributed by atoms with E-state index in [9.17, 15) is 9.59 Å². The zero-order chi connectivity index (χ0) is 30.3. The Kier molecular flexibility index (Phi) is 9.42. The Hall–Kier alpha value is -5.66. The summed E-state index contributed by atoms with van der Waals surface area (Å²) >= 11 is 0. The number of amides is 1. The molecule has 4 rings (SSSR count). The molecule has 214 valence electrons. The number of benzene rings is 3. The van der Waals surface area contributed by atoms with Crippen LogP contribution in [0, 0.1) is 11.2 Å². The van der Waals surface area contributed by atoms with E-state index < -0.39 is 29.4 Å². The van der Waals surface area contributed by atoms with Crippen LogP contribution < -0.4 is 31.9 Å². The van der Waals surface area contributed by atoms with E-state index in [2.05, 4.69) is 15.4 Å². The minimum atomic E-state index is -1.02. The highest BCUT2D eigenvalue weighted by Gasteiger charge is 2.26. The summed E-state index contributed by atoms with van der Waals surface area (Å²) in [4.78, 5) is 36.5. The molecule has 1 amide bonds. The number of nitrogens with one attached hydrogen (secondary N) is 3. The number of nitrogens with zero attached hydrogens (tertiary/aromatic N) is 2. The maximum absolute atomic E-state index is 15.4. The van der Waals surface area contributed by atoms with Crippen LogP contribution >= 0.6 is 0 Å². The van der Waals surface area contributed by atoms with Crippen molar-refractivity contribution in [3.63, 3.8) is 0 Å². The van der Waals surface area contributed by atoms with Gasteiger partial charge in [0.1, 0.15) is 17.7 Å². The number of para-hydroxylation sites is 1. The molecule has 0 bridgehead atoms. The number of aliphatic carboxylic acids is 1. The van der Waals surface area contributed by atoms with Crippen LogP contribution in [0.5, 0.6) is 11.5 Å². The Bertz CT molecular complexity index is 1630. The van der Waals surface area contributed by atoms with Crippen LogP contribution in [0.2, 0.25) is 0 Å². The van der Waals surface area contributed by atoms with Crippen molar-refractivity contribution in [3.05, 3.63) is 99.5 Å². The number of rotatable bonds is 9. The SMILES string of the molecule is CC(=O)O.COc1cc(F)c(C(Nc2ccc(C(=N)N)cc2)c2nn(-c3ccccc3C(N)=O)c(=O)[nH]2)cc1OC. The number of ether oxygens (including phenoxy) is 2. The van der Waals surface area contributed by atoms with E-state index in [0.29, 0.717) is 11.3 Å². The van der Waals surface area contributed by atoms with E-state index in [-0.39, 0.29) is 40.0 Å². The molecule has 0 aliphatic rings. The predicted octanol–water partition coefficient (Wildman–Crippen LogP) is 2.39. The second kappa shape index (κ2) is 12.9. The Morgan fingerprint density at radius 3 is 2.22 bits per heavy atom. The number of halogens is 1. The van der Waals surface area contributed by atoms with Gasteiger partial charge in [0.15, 0.2) is 17.3 Å². The molecule has 0 aliphatic carbocycles. The van der Waals surface area contributed by atoms with Gasteiger partial charge in [-0.15, -0.1) is 5.10 Å². The second-order valence-corrected chi connectivity index (χ2v) is 8.42. The minimum absolute atomic E-state index is 0.0473. The fourth-order valence-corrected chi connectivity index (χ4v) is 3.80. The molecule has 8 N–H and O–H groups in total. The number of methoxy groups -OCH3 is 2. The lowest BCUT2D eigenvalue weighted by Gasteiger charge is -2.20. The first-order valence-corrected chi connectivity index (χ1v) is 11.9. The van der Waals surface area contributed by atoms with E-state index >= 15 is 4.39 Å². The molecule has 1 unspecified atom stereocenters. The summed E-state index contributed by atoms with van der Waals surface area (Å²) in [6.45, 7) is 1.08. The third kappa shape index (κ3) is 7.06. The molecule has 1 atom stereocenters. The van der Waals surface area contributed by atoms with Gasteiger partial charge in [0.2, 0.25) is 0 Å². The first-order valence-electron chi connectivity index (χ1n) is 11.9. The van der Waals surface area contributed by atoms with Crippen molar-refractivity contribution in [3.8, 4) is 17.2 Å². The first-order chi connectivity index (χ1) is 19.5. The van der Waals surface area contributed by atoms with E-state index in [1.807, 2.05) is 0 Å². The van der Waals surface area contributed by atoms with Crippen molar-refractivity contribution in [2.75, 3.05) is 19.5 Å². The quantitative estimate of drug-likeness (QED) is 0.130. The molecule has 0 spiro atoms. The van der Waals surface area contributed by atoms with Gasteiger partial charge < -0.3 is 31.4 Å². The van der Waals surface area contributed by atoms with Gasteiger partial charge in [-0.3, -0.25) is 20.0 Å². The number of carboxylic acid groups (broad SMARTS) is 1. The van der Waals surface area contributed by atoms with Crippen molar-refractivity contribution < 1.29 is 28.6 Å². The summed E-state index contributed by atoms with van der Waals surface area (Å²) in [5, 5.41) is 22.5. The highest BCUT2D eigenvalue weighted by molar-refractivity contribution is 5.96. The number of carboxylic acids is 1. The van der Waals surface area contributed by atoms with Crippen LogP contribution in [0.3, 0.4) is 0 Å². The molecule has 0 fully saturated rings. The Morgan fingerprint density at radius 2 is 1.66 bits per heavy atom. The van der Waals surface area contributed by atoms with Crippen molar-refractivity contribution in [2.24, 2.45) is 11.5 Å². The zero-order valence-corrected chi connectivity index (χ0v) is 22.3. The van der Waals surface area contributed by atoms with Crippen molar-refractivity contribution in [1.29, 1.82) is 5.41 Å². The number of amidine groups is 1. The van der Waals surface area contributed by atoms with Crippen molar-refractivity contribution in [1.82, 2.24) is 14.8 Å². The number of hydrogen-bond acceptors (Lipinski definition) is 8. The molecular formula is C27H28FN7O6. The largest absolute Gasteiger partial charge is 0.493 e. The number of aromatic nitrogens is 3. The number of H-pyrrole nitrogens is 1. The van der Waals surface area contributed by atoms with Crippen LogP contribution in [0.1, 0.15) is 40.3 Å². The topological polar surface area (TPSA) is 211 Å². The summed E-state index contributed by atoms with van der Waals surface area (Å²) in [5.41, 5.74) is 11.7. The summed E-state index contributed by atoms with van der Waals surface area (Å²) in [6.07, 6.45) is 0. The number of anilines is 1. The van der Waals surface area contributed by atoms with Crippen molar-refractivity contribution in [2.45, 2.75) is 13.0 Å². The Morgan fingerprint density at radius 1 is 1.07 bits per heavy atom. The third-order valence-electron chi connectivity index (χ3n) is 5.63. The zero-order valence-electron chi connectivity index (χ0n) is 22.3. The second-order valence-electron chi connectivity index (χ2n) is 8.42. The van der Waals surface area contributed by atoms with Gasteiger partial charge in [-0.25, -0.2) is 9.18 Å². The molecule has 1 heterocycles. The Balaban J connectivity index is 0.00000108. The molecule has 41 heavy (non-hydrogen) atoms. The lowest BCUT2D eigenvalue weighted by atomic mass is 10.0. The lowest BCUT2D eigenvalue weighted by molar-refractivity contribution is -0.134. The van der Waals surface area contributed by atoms with Crippen LogP contribution in [-0.4, -0.2) is 51.8 Å². The van der Waals surface area contributed by atoms with Crippen LogP contribution in [0.4, 0.5) is 10.1 Å². The van der Waals surface area contributed by atoms with E-state index in [1.165, 1.54) is 38.5 Å². The van der Waals surface area contributed by atoms with Gasteiger partial charge in [-0.2, -0.15) is 4.68 Å². The maximum atomic E-state index is 15.4. The normalized spacial score (nSPS) is 11.0. The van der Waals surface area contributed by atoms with E-state index in [0.717, 1.165) is 11.6 Å². The van der Waals surface area contributed by atoms with Crippen molar-refractivity contribution >= 4 is 23.4 Å². The number of primary amides is 1. The number of hydrogen-bond donors (Lipinski definition) is 6. The van der Waals surface area contributed by atoms with Gasteiger partial charge >= 0.3 is 5.69 Å². The molecule has 13 nitrogen and oxygen atoms in total. The molecule has 14 heteroatoms. The predicted molar refractivity (Wildman–Crippen MR) is 148 cm³/mol. The minimum Gasteiger partial charge on any atom is -0.493 e. The Labute approximate surface area is 233 Å². The average molecular weight is 566 g/mol. The molecular weight excluding hydrogens is 537 g/mol. The maximum Gasteiger partial charge on any atom is 0.348 e. The van der Waals surface area contributed by atoms with Crippen LogP contribution in [0.25, 0.3) is 5.69 Å². The standard InChI is InChI=1S/C25H24FN7O4.C2H4O2/c1-36-19-11-16(17(26)12-20(19)37-2)21(30-14-9-7-13(8-10-14)22(27)28)24-31-25(35)33(32-24)18-6-4-3-5-15(18)23(29)34;1-2(3)4/h3-12,21,30H,1-2H3,(H3,27,28)(H2,29,34)(H,31,32,35);1H3,(H,3,4).